The van der Waals surface area contributed by atoms with Gasteiger partial charge in [-0.25, -0.2) is 0 Å². The smallest absolute Gasteiger partial charge is 0.0956 e. The summed E-state index contributed by atoms with van der Waals surface area (Å²) in [5.74, 6) is 0.896. The Morgan fingerprint density at radius 2 is 1.94 bits per heavy atom. The lowest BCUT2D eigenvalue weighted by Gasteiger charge is -2.23. The summed E-state index contributed by atoms with van der Waals surface area (Å²) >= 11 is 0. The second-order valence-electron chi connectivity index (χ2n) is 3.75. The zero-order valence-electron chi connectivity index (χ0n) is 9.40. The van der Waals surface area contributed by atoms with Crippen molar-refractivity contribution in [2.75, 3.05) is 6.61 Å². The molecule has 0 N–H and O–H groups in total. The Kier molecular flexibility index (Phi) is 3.30. The van der Waals surface area contributed by atoms with E-state index in [1.54, 1.807) is 6.08 Å². The van der Waals surface area contributed by atoms with Crippen molar-refractivity contribution in [2.24, 2.45) is 0 Å². The van der Waals surface area contributed by atoms with Gasteiger partial charge in [0.25, 0.3) is 0 Å². The van der Waals surface area contributed by atoms with Crippen LogP contribution in [0.25, 0.3) is 5.57 Å². The Bertz CT molecular complexity index is 416. The molecule has 0 aliphatic heterocycles. The number of rotatable bonds is 3. The summed E-state index contributed by atoms with van der Waals surface area (Å²) in [7, 11) is 0. The van der Waals surface area contributed by atoms with Gasteiger partial charge in [-0.15, -0.1) is 5.76 Å². The third kappa shape index (κ3) is 2.27. The molecule has 0 atom stereocenters. The molecule has 0 spiro atoms. The Labute approximate surface area is 95.9 Å². The monoisotopic (exact) mass is 215 g/mol. The SMILES string of the molecule is CCOC1=CC([O-])=C(c2ccccc2)CC1. The van der Waals surface area contributed by atoms with Crippen LogP contribution in [0.4, 0.5) is 0 Å². The molecule has 2 nitrogen and oxygen atoms in total. The summed E-state index contributed by atoms with van der Waals surface area (Å²) in [5.41, 5.74) is 1.92. The van der Waals surface area contributed by atoms with E-state index in [-0.39, 0.29) is 5.76 Å². The van der Waals surface area contributed by atoms with Crippen molar-refractivity contribution in [3.05, 3.63) is 53.5 Å². The Balaban J connectivity index is 2.27. The summed E-state index contributed by atoms with van der Waals surface area (Å²) in [5, 5.41) is 11.9. The minimum atomic E-state index is 0.0842. The molecular weight excluding hydrogens is 200 g/mol. The van der Waals surface area contributed by atoms with Gasteiger partial charge in [0, 0.05) is 6.42 Å². The lowest BCUT2D eigenvalue weighted by Crippen LogP contribution is -2.11. The molecule has 0 bridgehead atoms. The van der Waals surface area contributed by atoms with E-state index in [0.717, 1.165) is 29.7 Å². The maximum atomic E-state index is 11.9. The second kappa shape index (κ2) is 4.88. The Hall–Kier alpha value is -1.70. The van der Waals surface area contributed by atoms with Crippen LogP contribution < -0.4 is 5.11 Å². The van der Waals surface area contributed by atoms with Gasteiger partial charge in [-0.2, -0.15) is 0 Å². The van der Waals surface area contributed by atoms with Gasteiger partial charge in [0.05, 0.1) is 12.4 Å². The van der Waals surface area contributed by atoms with Crippen LogP contribution in [0.2, 0.25) is 0 Å². The summed E-state index contributed by atoms with van der Waals surface area (Å²) in [6.45, 7) is 2.56. The molecule has 2 rings (SSSR count). The summed E-state index contributed by atoms with van der Waals surface area (Å²) in [4.78, 5) is 0. The average Bonchev–Trinajstić information content (AvgIpc) is 2.31. The molecule has 1 aliphatic carbocycles. The fourth-order valence-electron chi connectivity index (χ4n) is 1.90. The van der Waals surface area contributed by atoms with E-state index in [9.17, 15) is 5.11 Å². The van der Waals surface area contributed by atoms with Gasteiger partial charge >= 0.3 is 0 Å². The summed E-state index contributed by atoms with van der Waals surface area (Å²) in [6.07, 6.45) is 3.22. The van der Waals surface area contributed by atoms with Gasteiger partial charge in [0.2, 0.25) is 0 Å². The average molecular weight is 215 g/mol. The zero-order chi connectivity index (χ0) is 11.4. The zero-order valence-corrected chi connectivity index (χ0v) is 9.40. The fourth-order valence-corrected chi connectivity index (χ4v) is 1.90. The lowest BCUT2D eigenvalue weighted by molar-refractivity contribution is -0.294. The highest BCUT2D eigenvalue weighted by Gasteiger charge is 2.10. The molecule has 0 radical (unpaired) electrons. The van der Waals surface area contributed by atoms with E-state index in [1.165, 1.54) is 0 Å². The van der Waals surface area contributed by atoms with Crippen molar-refractivity contribution in [3.8, 4) is 0 Å². The largest absolute Gasteiger partial charge is 0.872 e. The third-order valence-electron chi connectivity index (χ3n) is 2.66. The molecule has 0 saturated carbocycles. The first-order valence-corrected chi connectivity index (χ1v) is 5.60. The van der Waals surface area contributed by atoms with Gasteiger partial charge < -0.3 is 9.84 Å². The number of allylic oxidation sites excluding steroid dienone is 3. The van der Waals surface area contributed by atoms with Gasteiger partial charge in [-0.3, -0.25) is 0 Å². The van der Waals surface area contributed by atoms with Gasteiger partial charge in [0.15, 0.2) is 0 Å². The van der Waals surface area contributed by atoms with Crippen LogP contribution in [-0.2, 0) is 4.74 Å². The minimum absolute atomic E-state index is 0.0842. The van der Waals surface area contributed by atoms with E-state index in [4.69, 9.17) is 4.74 Å². The molecule has 2 heteroatoms. The van der Waals surface area contributed by atoms with Crippen LogP contribution in [0.5, 0.6) is 0 Å². The van der Waals surface area contributed by atoms with Gasteiger partial charge in [-0.05, 0) is 30.6 Å². The first kappa shape index (κ1) is 10.8. The maximum Gasteiger partial charge on any atom is 0.0956 e. The number of hydrogen-bond acceptors (Lipinski definition) is 2. The molecule has 0 unspecified atom stereocenters. The van der Waals surface area contributed by atoms with Crippen molar-refractivity contribution in [1.29, 1.82) is 0 Å². The normalized spacial score (nSPS) is 15.9. The van der Waals surface area contributed by atoms with Gasteiger partial charge in [-0.1, -0.05) is 30.3 Å². The minimum Gasteiger partial charge on any atom is -0.872 e. The fraction of sp³-hybridized carbons (Fsp3) is 0.286. The van der Waals surface area contributed by atoms with Crippen molar-refractivity contribution in [2.45, 2.75) is 19.8 Å². The quantitative estimate of drug-likeness (QED) is 0.775. The molecule has 84 valence electrons. The van der Waals surface area contributed by atoms with Crippen LogP contribution in [-0.4, -0.2) is 6.61 Å². The third-order valence-corrected chi connectivity index (χ3v) is 2.66. The number of hydrogen-bond donors (Lipinski definition) is 0. The highest BCUT2D eigenvalue weighted by molar-refractivity contribution is 5.70. The van der Waals surface area contributed by atoms with Crippen molar-refractivity contribution < 1.29 is 9.84 Å². The second-order valence-corrected chi connectivity index (χ2v) is 3.75. The summed E-state index contributed by atoms with van der Waals surface area (Å²) < 4.78 is 5.36. The first-order chi connectivity index (χ1) is 7.81. The first-order valence-electron chi connectivity index (χ1n) is 5.60. The van der Waals surface area contributed by atoms with E-state index >= 15 is 0 Å². The predicted octanol–water partition coefficient (Wildman–Crippen LogP) is 2.47. The molecular formula is C14H15O2-. The molecule has 0 heterocycles. The lowest BCUT2D eigenvalue weighted by atomic mass is 9.95. The van der Waals surface area contributed by atoms with E-state index in [2.05, 4.69) is 0 Å². The molecule has 1 aromatic carbocycles. The molecule has 1 aromatic rings. The van der Waals surface area contributed by atoms with Crippen molar-refractivity contribution in [1.82, 2.24) is 0 Å². The molecule has 16 heavy (non-hydrogen) atoms. The number of benzene rings is 1. The van der Waals surface area contributed by atoms with Crippen molar-refractivity contribution in [3.63, 3.8) is 0 Å². The standard InChI is InChI=1S/C14H16O2/c1-2-16-12-8-9-13(14(15)10-12)11-6-4-3-5-7-11/h3-7,10,15H,2,8-9H2,1H3/p-1. The molecule has 0 aromatic heterocycles. The van der Waals surface area contributed by atoms with E-state index in [0.29, 0.717) is 6.61 Å². The van der Waals surface area contributed by atoms with Crippen LogP contribution >= 0.6 is 0 Å². The Morgan fingerprint density at radius 3 is 2.56 bits per heavy atom. The summed E-state index contributed by atoms with van der Waals surface area (Å²) in [6, 6.07) is 9.83. The molecule has 0 amide bonds. The molecule has 1 aliphatic rings. The highest BCUT2D eigenvalue weighted by Crippen LogP contribution is 2.29. The van der Waals surface area contributed by atoms with Crippen molar-refractivity contribution >= 4 is 5.57 Å². The van der Waals surface area contributed by atoms with Crippen LogP contribution in [0.3, 0.4) is 0 Å². The molecule has 0 fully saturated rings. The van der Waals surface area contributed by atoms with Crippen LogP contribution in [0.1, 0.15) is 25.3 Å². The Morgan fingerprint density at radius 1 is 1.19 bits per heavy atom. The van der Waals surface area contributed by atoms with Crippen LogP contribution in [0.15, 0.2) is 47.9 Å². The topological polar surface area (TPSA) is 32.3 Å². The number of ether oxygens (including phenoxy) is 1. The van der Waals surface area contributed by atoms with Gasteiger partial charge in [0.1, 0.15) is 0 Å². The highest BCUT2D eigenvalue weighted by atomic mass is 16.5. The molecule has 0 saturated heterocycles. The maximum absolute atomic E-state index is 11.9. The van der Waals surface area contributed by atoms with E-state index in [1.807, 2.05) is 37.3 Å². The van der Waals surface area contributed by atoms with Crippen LogP contribution in [0, 0.1) is 0 Å². The van der Waals surface area contributed by atoms with E-state index < -0.39 is 0 Å². The predicted molar refractivity (Wildman–Crippen MR) is 62.3 cm³/mol.